The predicted molar refractivity (Wildman–Crippen MR) is 36.4 cm³/mol. The van der Waals surface area contributed by atoms with Crippen molar-refractivity contribution in [2.45, 2.75) is 27.2 Å². The van der Waals surface area contributed by atoms with E-state index in [1.165, 1.54) is 6.42 Å². The summed E-state index contributed by atoms with van der Waals surface area (Å²) in [6, 6.07) is 0. The average Bonchev–Trinajstić information content (AvgIpc) is 1.39. The lowest BCUT2D eigenvalue weighted by molar-refractivity contribution is 1.09. The molecule has 7 heavy (non-hydrogen) atoms. The molecule has 3 radical (unpaired) electrons. The highest BCUT2D eigenvalue weighted by atomic mass is 14.5. The van der Waals surface area contributed by atoms with Crippen LogP contribution >= 0.6 is 0 Å². The third-order valence-corrected chi connectivity index (χ3v) is 0. The zero-order valence-electron chi connectivity index (χ0n) is 5.57. The molecular weight excluding hydrogens is 84.9 g/mol. The predicted octanol–water partition coefficient (Wildman–Crippen LogP) is 1.00. The van der Waals surface area contributed by atoms with Gasteiger partial charge in [0.1, 0.15) is 0 Å². The van der Waals surface area contributed by atoms with Gasteiger partial charge < -0.3 is 5.73 Å². The summed E-state index contributed by atoms with van der Waals surface area (Å²) in [6.45, 7) is 6.90. The van der Waals surface area contributed by atoms with Crippen molar-refractivity contribution in [2.24, 2.45) is 5.73 Å². The van der Waals surface area contributed by atoms with Crippen LogP contribution in [0.4, 0.5) is 0 Å². The molecule has 0 bridgehead atoms. The Morgan fingerprint density at radius 3 is 1.14 bits per heavy atom. The van der Waals surface area contributed by atoms with Crippen molar-refractivity contribution in [3.8, 4) is 0 Å². The molecule has 0 atom stereocenters. The van der Waals surface area contributed by atoms with Gasteiger partial charge in [-0.1, -0.05) is 27.2 Å². The number of hydrogen-bond acceptors (Lipinski definition) is 1. The summed E-state index contributed by atoms with van der Waals surface area (Å²) < 4.78 is 0. The summed E-state index contributed by atoms with van der Waals surface area (Å²) in [5.41, 5.74) is 4.85. The van der Waals surface area contributed by atoms with Gasteiger partial charge in [-0.25, -0.2) is 0 Å². The highest BCUT2D eigenvalue weighted by Gasteiger charge is 1.35. The van der Waals surface area contributed by atoms with Gasteiger partial charge in [0.15, 0.2) is 0 Å². The molecule has 0 aromatic carbocycles. The first-order chi connectivity index (χ1) is 2.83. The van der Waals surface area contributed by atoms with E-state index in [4.69, 9.17) is 5.73 Å². The van der Waals surface area contributed by atoms with Gasteiger partial charge in [0.2, 0.25) is 0 Å². The first kappa shape index (κ1) is 15.7. The van der Waals surface area contributed by atoms with Crippen molar-refractivity contribution < 1.29 is 0 Å². The minimum absolute atomic E-state index is 0. The molecule has 0 aliphatic rings. The van der Waals surface area contributed by atoms with E-state index < -0.39 is 0 Å². The Morgan fingerprint density at radius 1 is 1.14 bits per heavy atom. The first-order valence-electron chi connectivity index (χ1n) is 2.53. The van der Waals surface area contributed by atoms with Crippen molar-refractivity contribution in [1.29, 1.82) is 0 Å². The standard InChI is InChI=1S/C3H8.C2H7N.B/c1-3-2;1-2-3;/h3H2,1-2H3;2-3H2,1H3;. The molecule has 0 amide bonds. The van der Waals surface area contributed by atoms with E-state index >= 15 is 0 Å². The fourth-order valence-corrected chi connectivity index (χ4v) is 0. The van der Waals surface area contributed by atoms with Gasteiger partial charge >= 0.3 is 0 Å². The van der Waals surface area contributed by atoms with Crippen LogP contribution in [0, 0.1) is 0 Å². The Bertz CT molecular complexity index is 10.0. The van der Waals surface area contributed by atoms with Gasteiger partial charge in [0, 0.05) is 8.41 Å². The molecule has 43 valence electrons. The van der Waals surface area contributed by atoms with E-state index in [9.17, 15) is 0 Å². The first-order valence-corrected chi connectivity index (χ1v) is 2.53. The minimum Gasteiger partial charge on any atom is -0.331 e. The zero-order chi connectivity index (χ0) is 5.41. The van der Waals surface area contributed by atoms with Crippen LogP contribution in [0.5, 0.6) is 0 Å². The SMILES string of the molecule is CCC.CCN.[B]. The van der Waals surface area contributed by atoms with Crippen molar-refractivity contribution in [3.63, 3.8) is 0 Å². The number of hydrogen-bond donors (Lipinski definition) is 1. The second kappa shape index (κ2) is 37.1. The maximum atomic E-state index is 4.85. The summed E-state index contributed by atoms with van der Waals surface area (Å²) in [4.78, 5) is 0. The van der Waals surface area contributed by atoms with Gasteiger partial charge in [-0.05, 0) is 6.54 Å². The molecule has 0 rings (SSSR count). The molecule has 0 fully saturated rings. The van der Waals surface area contributed by atoms with Crippen molar-refractivity contribution in [3.05, 3.63) is 0 Å². The van der Waals surface area contributed by atoms with E-state index in [1.54, 1.807) is 0 Å². The molecule has 2 heteroatoms. The largest absolute Gasteiger partial charge is 0.331 e. The lowest BCUT2D eigenvalue weighted by Crippen LogP contribution is -1.87. The van der Waals surface area contributed by atoms with Crippen molar-refractivity contribution >= 4 is 8.41 Å². The van der Waals surface area contributed by atoms with E-state index in [-0.39, 0.29) is 8.41 Å². The fraction of sp³-hybridized carbons (Fsp3) is 1.00. The summed E-state index contributed by atoms with van der Waals surface area (Å²) in [6.07, 6.45) is 1.25. The van der Waals surface area contributed by atoms with Crippen molar-refractivity contribution in [2.75, 3.05) is 6.54 Å². The molecule has 0 aliphatic heterocycles. The molecule has 0 unspecified atom stereocenters. The molecule has 0 aliphatic carbocycles. The van der Waals surface area contributed by atoms with Crippen LogP contribution in [-0.2, 0) is 0 Å². The van der Waals surface area contributed by atoms with Crippen molar-refractivity contribution in [1.82, 2.24) is 0 Å². The van der Waals surface area contributed by atoms with Crippen LogP contribution in [0.15, 0.2) is 0 Å². The normalized spacial score (nSPS) is 5.14. The lowest BCUT2D eigenvalue weighted by atomic mass is 10.6. The zero-order valence-corrected chi connectivity index (χ0v) is 5.57. The van der Waals surface area contributed by atoms with Crippen LogP contribution < -0.4 is 5.73 Å². The molecule has 0 saturated heterocycles. The van der Waals surface area contributed by atoms with E-state index in [0.29, 0.717) is 0 Å². The average molecular weight is 100.0 g/mol. The van der Waals surface area contributed by atoms with Gasteiger partial charge in [0.25, 0.3) is 0 Å². The van der Waals surface area contributed by atoms with Crippen LogP contribution in [-0.4, -0.2) is 15.0 Å². The Balaban J connectivity index is -0.0000000400. The third kappa shape index (κ3) is 157000. The smallest absolute Gasteiger partial charge is 0 e. The van der Waals surface area contributed by atoms with Crippen LogP contribution in [0.2, 0.25) is 0 Å². The summed E-state index contributed by atoms with van der Waals surface area (Å²) in [5, 5.41) is 0. The minimum atomic E-state index is 0. The van der Waals surface area contributed by atoms with E-state index in [2.05, 4.69) is 13.8 Å². The number of nitrogens with two attached hydrogens (primary N) is 1. The van der Waals surface area contributed by atoms with Gasteiger partial charge in [-0.2, -0.15) is 0 Å². The maximum absolute atomic E-state index is 4.85. The fourth-order valence-electron chi connectivity index (χ4n) is 0. The van der Waals surface area contributed by atoms with E-state index in [1.807, 2.05) is 6.92 Å². The summed E-state index contributed by atoms with van der Waals surface area (Å²) in [5.74, 6) is 0. The van der Waals surface area contributed by atoms with Crippen LogP contribution in [0.1, 0.15) is 27.2 Å². The molecule has 0 spiro atoms. The van der Waals surface area contributed by atoms with Gasteiger partial charge in [-0.15, -0.1) is 0 Å². The topological polar surface area (TPSA) is 26.0 Å². The molecule has 2 N–H and O–H groups in total. The Morgan fingerprint density at radius 2 is 1.14 bits per heavy atom. The molecule has 0 aromatic heterocycles. The second-order valence-corrected chi connectivity index (χ2v) is 1.12. The molecule has 0 saturated carbocycles. The van der Waals surface area contributed by atoms with Gasteiger partial charge in [-0.3, -0.25) is 0 Å². The molecule has 0 aromatic rings. The summed E-state index contributed by atoms with van der Waals surface area (Å²) in [7, 11) is 0. The maximum Gasteiger partial charge on any atom is 0 e. The van der Waals surface area contributed by atoms with Crippen LogP contribution in [0.25, 0.3) is 0 Å². The van der Waals surface area contributed by atoms with E-state index in [0.717, 1.165) is 6.54 Å². The Labute approximate surface area is 48.9 Å². The van der Waals surface area contributed by atoms with Gasteiger partial charge in [0.05, 0.1) is 0 Å². The summed E-state index contributed by atoms with van der Waals surface area (Å²) >= 11 is 0. The molecule has 1 nitrogen and oxygen atoms in total. The lowest BCUT2D eigenvalue weighted by Gasteiger charge is -1.53. The highest BCUT2D eigenvalue weighted by molar-refractivity contribution is 5.75. The highest BCUT2D eigenvalue weighted by Crippen LogP contribution is 1.56. The Hall–Kier alpha value is 0.0249. The number of rotatable bonds is 0. The third-order valence-electron chi connectivity index (χ3n) is 0. The quantitative estimate of drug-likeness (QED) is 0.451. The van der Waals surface area contributed by atoms with Crippen LogP contribution in [0.3, 0.4) is 0 Å². The monoisotopic (exact) mass is 100 g/mol. The molecule has 0 heterocycles. The molecular formula is C5H15BN. The second-order valence-electron chi connectivity index (χ2n) is 1.12. The Kier molecular flexibility index (Phi) is 83.4.